The van der Waals surface area contributed by atoms with Crippen LogP contribution in [0.2, 0.25) is 0 Å². The monoisotopic (exact) mass is 279 g/mol. The van der Waals surface area contributed by atoms with Gasteiger partial charge in [-0.05, 0) is 18.3 Å². The Balaban J connectivity index is 2.21. The maximum absolute atomic E-state index is 12.3. The number of hydroxylamine groups is 2. The van der Waals surface area contributed by atoms with E-state index >= 15 is 0 Å². The van der Waals surface area contributed by atoms with E-state index in [0.717, 1.165) is 12.8 Å². The fourth-order valence-corrected chi connectivity index (χ4v) is 1.91. The number of aromatic amines is 1. The van der Waals surface area contributed by atoms with Crippen LogP contribution in [0, 0.1) is 5.41 Å². The summed E-state index contributed by atoms with van der Waals surface area (Å²) in [6, 6.07) is 0. The third-order valence-electron chi connectivity index (χ3n) is 3.08. The molecule has 0 aliphatic heterocycles. The second-order valence-electron chi connectivity index (χ2n) is 6.37. The first-order valence-corrected chi connectivity index (χ1v) is 6.77. The molecule has 0 saturated heterocycles. The van der Waals surface area contributed by atoms with Crippen LogP contribution in [0.5, 0.6) is 0 Å². The first-order valence-electron chi connectivity index (χ1n) is 6.77. The zero-order valence-corrected chi connectivity index (χ0v) is 12.4. The lowest BCUT2D eigenvalue weighted by atomic mass is 9.97. The second-order valence-corrected chi connectivity index (χ2v) is 6.37. The Kier molecular flexibility index (Phi) is 3.94. The van der Waals surface area contributed by atoms with Crippen LogP contribution in [0.3, 0.4) is 0 Å². The van der Waals surface area contributed by atoms with Gasteiger partial charge in [-0.25, -0.2) is 10.0 Å². The van der Waals surface area contributed by atoms with Crippen LogP contribution in [0.1, 0.15) is 55.7 Å². The third-order valence-corrected chi connectivity index (χ3v) is 3.08. The quantitative estimate of drug-likeness (QED) is 0.851. The van der Waals surface area contributed by atoms with Crippen molar-refractivity contribution >= 4 is 5.91 Å². The molecule has 1 N–H and O–H groups in total. The molecule has 0 atom stereocenters. The van der Waals surface area contributed by atoms with Gasteiger partial charge in [0.05, 0.1) is 13.7 Å². The van der Waals surface area contributed by atoms with Crippen LogP contribution in [0.15, 0.2) is 11.0 Å². The van der Waals surface area contributed by atoms with Gasteiger partial charge in [0.15, 0.2) is 0 Å². The molecule has 0 bridgehead atoms. The van der Waals surface area contributed by atoms with E-state index in [1.54, 1.807) is 0 Å². The fourth-order valence-electron chi connectivity index (χ4n) is 1.91. The Bertz CT molecular complexity index is 556. The van der Waals surface area contributed by atoms with Crippen LogP contribution < -0.4 is 5.56 Å². The Morgan fingerprint density at radius 3 is 2.60 bits per heavy atom. The summed E-state index contributed by atoms with van der Waals surface area (Å²) in [6.45, 7) is 6.37. The Morgan fingerprint density at radius 2 is 2.15 bits per heavy atom. The maximum Gasteiger partial charge on any atom is 0.284 e. The van der Waals surface area contributed by atoms with E-state index < -0.39 is 11.5 Å². The van der Waals surface area contributed by atoms with E-state index in [2.05, 4.69) is 9.97 Å². The van der Waals surface area contributed by atoms with Gasteiger partial charge < -0.3 is 4.98 Å². The maximum atomic E-state index is 12.3. The molecule has 6 nitrogen and oxygen atoms in total. The summed E-state index contributed by atoms with van der Waals surface area (Å²) in [5.74, 6) is 0.560. The smallest absolute Gasteiger partial charge is 0.284 e. The number of amides is 1. The van der Waals surface area contributed by atoms with Gasteiger partial charge >= 0.3 is 0 Å². The van der Waals surface area contributed by atoms with Gasteiger partial charge in [0.2, 0.25) is 0 Å². The Labute approximate surface area is 118 Å². The standard InChI is InChI=1S/C14H21N3O3/c1-14(2,3)8-17(20-4)13(19)10-7-15-11(9-5-6-9)16-12(10)18/h7,9H,5-6,8H2,1-4H3,(H,15,16,18). The summed E-state index contributed by atoms with van der Waals surface area (Å²) >= 11 is 0. The van der Waals surface area contributed by atoms with Crippen LogP contribution in [0.25, 0.3) is 0 Å². The molecule has 1 aromatic rings. The van der Waals surface area contributed by atoms with Crippen LogP contribution in [-0.2, 0) is 4.84 Å². The highest BCUT2D eigenvalue weighted by Gasteiger charge is 2.28. The van der Waals surface area contributed by atoms with Crippen molar-refractivity contribution in [3.05, 3.63) is 27.9 Å². The van der Waals surface area contributed by atoms with Crippen molar-refractivity contribution in [2.45, 2.75) is 39.5 Å². The van der Waals surface area contributed by atoms with Crippen molar-refractivity contribution in [1.29, 1.82) is 0 Å². The minimum atomic E-state index is -0.460. The predicted octanol–water partition coefficient (Wildman–Crippen LogP) is 1.70. The van der Waals surface area contributed by atoms with E-state index in [1.165, 1.54) is 18.4 Å². The molecule has 6 heteroatoms. The Morgan fingerprint density at radius 1 is 1.50 bits per heavy atom. The summed E-state index contributed by atoms with van der Waals surface area (Å²) in [4.78, 5) is 36.3. The largest absolute Gasteiger partial charge is 0.310 e. The highest BCUT2D eigenvalue weighted by molar-refractivity contribution is 5.92. The van der Waals surface area contributed by atoms with Gasteiger partial charge in [0, 0.05) is 12.1 Å². The van der Waals surface area contributed by atoms with E-state index in [-0.39, 0.29) is 11.0 Å². The number of nitrogens with zero attached hydrogens (tertiary/aromatic N) is 2. The second kappa shape index (κ2) is 5.36. The number of aromatic nitrogens is 2. The summed E-state index contributed by atoms with van der Waals surface area (Å²) in [5.41, 5.74) is -0.511. The van der Waals surface area contributed by atoms with Gasteiger partial charge in [0.1, 0.15) is 11.4 Å². The minimum absolute atomic E-state index is 0.0144. The van der Waals surface area contributed by atoms with Gasteiger partial charge in [-0.2, -0.15) is 0 Å². The molecular formula is C14H21N3O3. The lowest BCUT2D eigenvalue weighted by Gasteiger charge is -2.27. The van der Waals surface area contributed by atoms with Crippen LogP contribution in [0.4, 0.5) is 0 Å². The zero-order valence-electron chi connectivity index (χ0n) is 12.4. The topological polar surface area (TPSA) is 75.3 Å². The van der Waals surface area contributed by atoms with Gasteiger partial charge in [0.25, 0.3) is 11.5 Å². The molecular weight excluding hydrogens is 258 g/mol. The highest BCUT2D eigenvalue weighted by Crippen LogP contribution is 2.37. The normalized spacial score (nSPS) is 15.2. The molecule has 2 rings (SSSR count). The number of carbonyl (C=O) groups excluding carboxylic acids is 1. The molecule has 0 radical (unpaired) electrons. The van der Waals surface area contributed by atoms with Gasteiger partial charge in [-0.1, -0.05) is 20.8 Å². The molecule has 1 fully saturated rings. The van der Waals surface area contributed by atoms with E-state index in [1.807, 2.05) is 20.8 Å². The molecule has 110 valence electrons. The Hall–Kier alpha value is -1.69. The lowest BCUT2D eigenvalue weighted by Crippen LogP contribution is -2.39. The minimum Gasteiger partial charge on any atom is -0.310 e. The highest BCUT2D eigenvalue weighted by atomic mass is 16.7. The summed E-state index contributed by atoms with van der Waals surface area (Å²) < 4.78 is 0. The molecule has 1 aliphatic rings. The van der Waals surface area contributed by atoms with Crippen LogP contribution in [-0.4, -0.2) is 34.6 Å². The van der Waals surface area contributed by atoms with Gasteiger partial charge in [-0.3, -0.25) is 14.4 Å². The zero-order chi connectivity index (χ0) is 14.9. The van der Waals surface area contributed by atoms with Crippen LogP contribution >= 0.6 is 0 Å². The van der Waals surface area contributed by atoms with E-state index in [9.17, 15) is 9.59 Å². The first kappa shape index (κ1) is 14.7. The molecule has 1 heterocycles. The van der Waals surface area contributed by atoms with Crippen molar-refractivity contribution < 1.29 is 9.63 Å². The molecule has 0 aromatic carbocycles. The average Bonchev–Trinajstić information content (AvgIpc) is 3.18. The molecule has 1 saturated carbocycles. The number of carbonyl (C=O) groups is 1. The number of rotatable bonds is 4. The molecule has 1 aliphatic carbocycles. The molecule has 0 unspecified atom stereocenters. The van der Waals surface area contributed by atoms with Crippen molar-refractivity contribution in [3.63, 3.8) is 0 Å². The number of hydrogen-bond donors (Lipinski definition) is 1. The van der Waals surface area contributed by atoms with Crippen molar-refractivity contribution in [2.75, 3.05) is 13.7 Å². The van der Waals surface area contributed by atoms with Crippen molar-refractivity contribution in [3.8, 4) is 0 Å². The molecule has 1 amide bonds. The van der Waals surface area contributed by atoms with E-state index in [4.69, 9.17) is 4.84 Å². The first-order chi connectivity index (χ1) is 9.31. The number of hydrogen-bond acceptors (Lipinski definition) is 4. The fraction of sp³-hybridized carbons (Fsp3) is 0.643. The summed E-state index contributed by atoms with van der Waals surface area (Å²) in [6.07, 6.45) is 3.44. The predicted molar refractivity (Wildman–Crippen MR) is 74.3 cm³/mol. The average molecular weight is 279 g/mol. The lowest BCUT2D eigenvalue weighted by molar-refractivity contribution is -0.110. The molecule has 0 spiro atoms. The van der Waals surface area contributed by atoms with Gasteiger partial charge in [-0.15, -0.1) is 0 Å². The SMILES string of the molecule is CON(CC(C)(C)C)C(=O)c1cnc(C2CC2)[nH]c1=O. The molecule has 20 heavy (non-hydrogen) atoms. The van der Waals surface area contributed by atoms with Crippen molar-refractivity contribution in [2.24, 2.45) is 5.41 Å². The number of nitrogens with one attached hydrogen (secondary N) is 1. The van der Waals surface area contributed by atoms with Crippen molar-refractivity contribution in [1.82, 2.24) is 15.0 Å². The molecule has 1 aromatic heterocycles. The summed E-state index contributed by atoms with van der Waals surface area (Å²) in [5, 5.41) is 1.20. The summed E-state index contributed by atoms with van der Waals surface area (Å²) in [7, 11) is 1.42. The third kappa shape index (κ3) is 3.45. The van der Waals surface area contributed by atoms with E-state index in [0.29, 0.717) is 18.3 Å². The number of H-pyrrole nitrogens is 1.